The molecule has 0 aliphatic rings. The Kier molecular flexibility index (Phi) is 5.26. The third-order valence-corrected chi connectivity index (χ3v) is 4.54. The summed E-state index contributed by atoms with van der Waals surface area (Å²) in [7, 11) is 0. The van der Waals surface area contributed by atoms with E-state index in [1.807, 2.05) is 60.7 Å². The standard InChI is InChI=1S/C20H17NO3S/c21-19(22)17(16-11-12-25-13-16)20(23)24-18(14-7-3-1-4-8-14)15-9-5-2-6-10-15/h1-13,17-18H,(H2,21,22). The quantitative estimate of drug-likeness (QED) is 0.544. The Bertz CT molecular complexity index is 792. The molecular weight excluding hydrogens is 334 g/mol. The van der Waals surface area contributed by atoms with Crippen molar-refractivity contribution in [3.8, 4) is 0 Å². The van der Waals surface area contributed by atoms with Gasteiger partial charge in [0.1, 0.15) is 0 Å². The van der Waals surface area contributed by atoms with Gasteiger partial charge in [-0.1, -0.05) is 60.7 Å². The van der Waals surface area contributed by atoms with Crippen LogP contribution in [0.3, 0.4) is 0 Å². The van der Waals surface area contributed by atoms with Gasteiger partial charge in [0.2, 0.25) is 5.91 Å². The van der Waals surface area contributed by atoms with Gasteiger partial charge in [0.05, 0.1) is 0 Å². The topological polar surface area (TPSA) is 69.4 Å². The van der Waals surface area contributed by atoms with Crippen LogP contribution in [0.1, 0.15) is 28.7 Å². The highest BCUT2D eigenvalue weighted by Gasteiger charge is 2.31. The summed E-state index contributed by atoms with van der Waals surface area (Å²) in [5, 5.41) is 3.53. The van der Waals surface area contributed by atoms with Gasteiger partial charge in [-0.05, 0) is 33.5 Å². The molecule has 25 heavy (non-hydrogen) atoms. The summed E-state index contributed by atoms with van der Waals surface area (Å²) in [6, 6.07) is 20.5. The molecule has 1 amide bonds. The van der Waals surface area contributed by atoms with Crippen LogP contribution in [0.25, 0.3) is 0 Å². The lowest BCUT2D eigenvalue weighted by Crippen LogP contribution is -2.30. The average Bonchev–Trinajstić information content (AvgIpc) is 3.15. The fraction of sp³-hybridized carbons (Fsp3) is 0.100. The molecule has 3 aromatic rings. The molecule has 0 saturated carbocycles. The van der Waals surface area contributed by atoms with Crippen molar-refractivity contribution in [2.24, 2.45) is 5.73 Å². The van der Waals surface area contributed by atoms with Gasteiger partial charge in [0.25, 0.3) is 0 Å². The van der Waals surface area contributed by atoms with E-state index in [0.717, 1.165) is 11.1 Å². The molecule has 0 spiro atoms. The lowest BCUT2D eigenvalue weighted by Gasteiger charge is -2.21. The van der Waals surface area contributed by atoms with Crippen molar-refractivity contribution in [1.29, 1.82) is 0 Å². The van der Waals surface area contributed by atoms with Crippen LogP contribution in [0, 0.1) is 0 Å². The average molecular weight is 351 g/mol. The molecule has 126 valence electrons. The van der Waals surface area contributed by atoms with Crippen molar-refractivity contribution in [1.82, 2.24) is 0 Å². The lowest BCUT2D eigenvalue weighted by atomic mass is 9.99. The van der Waals surface area contributed by atoms with E-state index in [4.69, 9.17) is 10.5 Å². The van der Waals surface area contributed by atoms with Crippen LogP contribution in [-0.4, -0.2) is 11.9 Å². The second kappa shape index (κ2) is 7.77. The van der Waals surface area contributed by atoms with E-state index in [9.17, 15) is 9.59 Å². The highest BCUT2D eigenvalue weighted by molar-refractivity contribution is 7.08. The van der Waals surface area contributed by atoms with Gasteiger partial charge in [0, 0.05) is 0 Å². The summed E-state index contributed by atoms with van der Waals surface area (Å²) in [5.41, 5.74) is 7.66. The molecule has 0 radical (unpaired) electrons. The number of primary amides is 1. The van der Waals surface area contributed by atoms with Crippen LogP contribution in [0.5, 0.6) is 0 Å². The number of rotatable bonds is 6. The molecule has 0 aliphatic heterocycles. The Morgan fingerprint density at radius 1 is 0.840 bits per heavy atom. The number of hydrogen-bond acceptors (Lipinski definition) is 4. The number of nitrogens with two attached hydrogens (primary N) is 1. The first-order valence-corrected chi connectivity index (χ1v) is 8.73. The lowest BCUT2D eigenvalue weighted by molar-refractivity contribution is -0.151. The number of esters is 1. The fourth-order valence-corrected chi connectivity index (χ4v) is 3.31. The van der Waals surface area contributed by atoms with E-state index in [2.05, 4.69) is 0 Å². The van der Waals surface area contributed by atoms with Gasteiger partial charge < -0.3 is 10.5 Å². The minimum absolute atomic E-state index is 0.558. The number of carbonyl (C=O) groups excluding carboxylic acids is 2. The van der Waals surface area contributed by atoms with Gasteiger partial charge in [-0.2, -0.15) is 11.3 Å². The van der Waals surface area contributed by atoms with Crippen LogP contribution < -0.4 is 5.73 Å². The number of benzene rings is 2. The van der Waals surface area contributed by atoms with Crippen molar-refractivity contribution in [2.45, 2.75) is 12.0 Å². The zero-order chi connectivity index (χ0) is 17.6. The van der Waals surface area contributed by atoms with Gasteiger partial charge in [-0.15, -0.1) is 0 Å². The molecule has 1 heterocycles. The first-order chi connectivity index (χ1) is 12.2. The van der Waals surface area contributed by atoms with E-state index in [-0.39, 0.29) is 0 Å². The highest BCUT2D eigenvalue weighted by Crippen LogP contribution is 2.29. The molecule has 2 N–H and O–H groups in total. The fourth-order valence-electron chi connectivity index (χ4n) is 2.62. The zero-order valence-corrected chi connectivity index (χ0v) is 14.2. The maximum atomic E-state index is 12.7. The molecule has 1 unspecified atom stereocenters. The minimum Gasteiger partial charge on any atom is -0.452 e. The van der Waals surface area contributed by atoms with E-state index < -0.39 is 23.9 Å². The number of amides is 1. The molecular formula is C20H17NO3S. The Morgan fingerprint density at radius 3 is 1.84 bits per heavy atom. The summed E-state index contributed by atoms with van der Waals surface area (Å²) >= 11 is 1.40. The Labute approximate surface area is 149 Å². The van der Waals surface area contributed by atoms with Gasteiger partial charge in [-0.3, -0.25) is 9.59 Å². The SMILES string of the molecule is NC(=O)C(C(=O)OC(c1ccccc1)c1ccccc1)c1ccsc1. The van der Waals surface area contributed by atoms with Gasteiger partial charge >= 0.3 is 5.97 Å². The Morgan fingerprint density at radius 2 is 1.40 bits per heavy atom. The van der Waals surface area contributed by atoms with E-state index >= 15 is 0 Å². The predicted octanol–water partition coefficient (Wildman–Crippen LogP) is 3.65. The Balaban J connectivity index is 1.92. The smallest absolute Gasteiger partial charge is 0.324 e. The summed E-state index contributed by atoms with van der Waals surface area (Å²) < 4.78 is 5.73. The van der Waals surface area contributed by atoms with Crippen LogP contribution >= 0.6 is 11.3 Å². The highest BCUT2D eigenvalue weighted by atomic mass is 32.1. The monoisotopic (exact) mass is 351 g/mol. The summed E-state index contributed by atoms with van der Waals surface area (Å²) in [5.74, 6) is -2.48. The number of thiophene rings is 1. The van der Waals surface area contributed by atoms with E-state index in [1.54, 1.807) is 16.8 Å². The zero-order valence-electron chi connectivity index (χ0n) is 13.4. The molecule has 0 fully saturated rings. The van der Waals surface area contributed by atoms with Crippen molar-refractivity contribution >= 4 is 23.2 Å². The summed E-state index contributed by atoms with van der Waals surface area (Å²) in [6.07, 6.45) is -0.601. The van der Waals surface area contributed by atoms with Crippen LogP contribution in [0.4, 0.5) is 0 Å². The number of carbonyl (C=O) groups is 2. The van der Waals surface area contributed by atoms with Crippen molar-refractivity contribution in [3.63, 3.8) is 0 Å². The van der Waals surface area contributed by atoms with Gasteiger partial charge in [-0.25, -0.2) is 0 Å². The van der Waals surface area contributed by atoms with Crippen LogP contribution in [0.15, 0.2) is 77.5 Å². The predicted molar refractivity (Wildman–Crippen MR) is 97.1 cm³/mol. The first-order valence-electron chi connectivity index (χ1n) is 7.78. The second-order valence-electron chi connectivity index (χ2n) is 5.53. The minimum atomic E-state index is -1.11. The van der Waals surface area contributed by atoms with Gasteiger partial charge in [0.15, 0.2) is 12.0 Å². The molecule has 1 aromatic heterocycles. The molecule has 1 atom stereocenters. The largest absolute Gasteiger partial charge is 0.452 e. The summed E-state index contributed by atoms with van der Waals surface area (Å²) in [4.78, 5) is 24.5. The maximum absolute atomic E-state index is 12.7. The third-order valence-electron chi connectivity index (χ3n) is 3.84. The maximum Gasteiger partial charge on any atom is 0.324 e. The van der Waals surface area contributed by atoms with Crippen molar-refractivity contribution in [2.75, 3.05) is 0 Å². The molecule has 4 nitrogen and oxygen atoms in total. The van der Waals surface area contributed by atoms with Crippen molar-refractivity contribution < 1.29 is 14.3 Å². The van der Waals surface area contributed by atoms with Crippen LogP contribution in [-0.2, 0) is 14.3 Å². The number of hydrogen-bond donors (Lipinski definition) is 1. The Hall–Kier alpha value is -2.92. The van der Waals surface area contributed by atoms with E-state index in [0.29, 0.717) is 5.56 Å². The van der Waals surface area contributed by atoms with E-state index in [1.165, 1.54) is 11.3 Å². The molecule has 0 aliphatic carbocycles. The second-order valence-corrected chi connectivity index (χ2v) is 6.31. The normalized spacial score (nSPS) is 11.9. The molecule has 0 bridgehead atoms. The molecule has 0 saturated heterocycles. The molecule has 2 aromatic carbocycles. The van der Waals surface area contributed by atoms with Crippen molar-refractivity contribution in [3.05, 3.63) is 94.2 Å². The third kappa shape index (κ3) is 3.95. The van der Waals surface area contributed by atoms with Crippen LogP contribution in [0.2, 0.25) is 0 Å². The molecule has 3 rings (SSSR count). The summed E-state index contributed by atoms with van der Waals surface area (Å²) in [6.45, 7) is 0. The first kappa shape index (κ1) is 16.9. The molecule has 5 heteroatoms. The number of ether oxygens (including phenoxy) is 1.